The third-order valence-corrected chi connectivity index (χ3v) is 29.4. The Labute approximate surface area is 817 Å². The minimum atomic E-state index is 0.869. The first kappa shape index (κ1) is 81.6. The van der Waals surface area contributed by atoms with E-state index in [-0.39, 0.29) is 0 Å². The highest BCUT2D eigenvalue weighted by Gasteiger charge is 2.28. The van der Waals surface area contributed by atoms with E-state index in [4.69, 9.17) is 17.7 Å². The van der Waals surface area contributed by atoms with E-state index in [1.54, 1.807) is 0 Å². The Hall–Kier alpha value is -18.7. The predicted molar refractivity (Wildman–Crippen MR) is 600 cm³/mol. The Morgan fingerprint density at radius 2 is 0.380 bits per heavy atom. The van der Waals surface area contributed by atoms with Crippen LogP contribution in [0.2, 0.25) is 0 Å². The smallest absolute Gasteiger partial charge is 0.143 e. The molecule has 660 valence electrons. The third kappa shape index (κ3) is 13.4. The van der Waals surface area contributed by atoms with Crippen LogP contribution in [-0.2, 0) is 0 Å². The molecule has 0 aliphatic carbocycles. The molecule has 4 heterocycles. The summed E-state index contributed by atoms with van der Waals surface area (Å²) in [5.74, 6) is 0. The van der Waals surface area contributed by atoms with E-state index >= 15 is 0 Å². The molecule has 0 fully saturated rings. The van der Waals surface area contributed by atoms with E-state index in [0.717, 1.165) is 116 Å². The molecule has 30 aromatic rings. The highest BCUT2D eigenvalue weighted by molar-refractivity contribution is 6.29. The van der Waals surface area contributed by atoms with Gasteiger partial charge in [0.1, 0.15) is 44.7 Å². The van der Waals surface area contributed by atoms with Gasteiger partial charge in [-0.05, 0) is 264 Å². The lowest BCUT2D eigenvalue weighted by molar-refractivity contribution is 0.668. The number of furan rings is 4. The van der Waals surface area contributed by atoms with E-state index in [1.807, 2.05) is 30.3 Å². The van der Waals surface area contributed by atoms with Gasteiger partial charge in [0.05, 0.1) is 0 Å². The van der Waals surface area contributed by atoms with Gasteiger partial charge in [0.15, 0.2) is 0 Å². The summed E-state index contributed by atoms with van der Waals surface area (Å²) in [6.07, 6.45) is 0. The van der Waals surface area contributed by atoms with Crippen molar-refractivity contribution in [3.8, 4) is 111 Å². The van der Waals surface area contributed by atoms with E-state index in [2.05, 4.69) is 479 Å². The van der Waals surface area contributed by atoms with Crippen LogP contribution in [0, 0.1) is 0 Å². The van der Waals surface area contributed by atoms with Gasteiger partial charge in [-0.2, -0.15) is 0 Å². The lowest BCUT2D eigenvalue weighted by Crippen LogP contribution is -1.92. The first-order chi connectivity index (χ1) is 70.5. The molecule has 0 saturated carbocycles. The normalized spacial score (nSPS) is 11.8. The number of hydrogen-bond acceptors (Lipinski definition) is 4. The van der Waals surface area contributed by atoms with E-state index < -0.39 is 0 Å². The maximum Gasteiger partial charge on any atom is 0.143 e. The fourth-order valence-electron chi connectivity index (χ4n) is 23.2. The summed E-state index contributed by atoms with van der Waals surface area (Å²) >= 11 is 0. The Kier molecular flexibility index (Phi) is 19.3. The topological polar surface area (TPSA) is 52.6 Å². The standard InChI is InChI=1S/C52H32O.C48H28O2.C38H24O/c1-2-15-33(16-3-1)37-29-30-40(39-21-7-6-20-38(37)39)47-31-35(32-48-41-22-12-13-28-49(41)53-52(47)48)50-43-23-8-10-25-45(43)51(46-26-11-9-24-44(46)50)42-27-14-18-34-17-4-5-19-36(34)42;1-2-15-31-29(13-1)14-11-22-33(31)46-36-19-5-3-17-34(36)45(35-18-4-6-20-37(35)46)30-27-40-32-16-7-9-24-42(32)50-48(40)41(28-30)38-23-12-26-44-47(38)39-21-8-10-25-43(39)49-44;1-2-10-25(11-3-1)26-18-20-27(21-19-26)37-30-13-4-6-15-32(30)38(33-16-7-5-14-31(33)37)28-22-23-36-34(24-28)29-12-8-9-17-35(29)39-36/h1-32H;1-28H;1-24H. The summed E-state index contributed by atoms with van der Waals surface area (Å²) in [6.45, 7) is 0. The zero-order valence-corrected chi connectivity index (χ0v) is 77.1. The number of benzene rings is 26. The second-order valence-corrected chi connectivity index (χ2v) is 37.2. The van der Waals surface area contributed by atoms with Gasteiger partial charge in [-0.1, -0.05) is 443 Å². The summed E-state index contributed by atoms with van der Waals surface area (Å²) in [5, 5.41) is 31.3. The number of rotatable bonds is 10. The second-order valence-electron chi connectivity index (χ2n) is 37.2. The van der Waals surface area contributed by atoms with Crippen molar-refractivity contribution in [3.05, 3.63) is 510 Å². The molecule has 30 rings (SSSR count). The van der Waals surface area contributed by atoms with Crippen molar-refractivity contribution in [2.75, 3.05) is 0 Å². The molecule has 4 aromatic heterocycles. The van der Waals surface area contributed by atoms with E-state index in [0.29, 0.717) is 0 Å². The minimum absolute atomic E-state index is 0.869. The summed E-state index contributed by atoms with van der Waals surface area (Å²) in [6, 6.07) is 183. The molecule has 142 heavy (non-hydrogen) atoms. The molecule has 0 aliphatic rings. The molecule has 4 heteroatoms. The third-order valence-electron chi connectivity index (χ3n) is 29.4. The van der Waals surface area contributed by atoms with Crippen LogP contribution in [0.3, 0.4) is 0 Å². The summed E-state index contributed by atoms with van der Waals surface area (Å²) < 4.78 is 26.0. The van der Waals surface area contributed by atoms with Gasteiger partial charge < -0.3 is 17.7 Å². The molecule has 0 aliphatic heterocycles. The largest absolute Gasteiger partial charge is 0.456 e. The zero-order chi connectivity index (χ0) is 93.4. The molecule has 0 radical (unpaired) electrons. The Morgan fingerprint density at radius 3 is 0.845 bits per heavy atom. The van der Waals surface area contributed by atoms with Crippen LogP contribution in [0.25, 0.3) is 296 Å². The molecule has 0 saturated heterocycles. The molecule has 0 amide bonds. The summed E-state index contributed by atoms with van der Waals surface area (Å²) in [7, 11) is 0. The van der Waals surface area contributed by atoms with Crippen molar-refractivity contribution in [2.45, 2.75) is 0 Å². The number of hydrogen-bond donors (Lipinski definition) is 0. The second kappa shape index (κ2) is 33.6. The van der Waals surface area contributed by atoms with Gasteiger partial charge in [0.2, 0.25) is 0 Å². The maximum atomic E-state index is 6.79. The molecular formula is C138H84O4. The fraction of sp³-hybridized carbons (Fsp3) is 0. The van der Waals surface area contributed by atoms with E-state index in [9.17, 15) is 0 Å². The molecule has 0 unspecified atom stereocenters. The zero-order valence-electron chi connectivity index (χ0n) is 77.1. The monoisotopic (exact) mass is 1800 g/mol. The summed E-state index contributed by atoms with van der Waals surface area (Å²) in [4.78, 5) is 0. The quantitative estimate of drug-likeness (QED) is 0.128. The lowest BCUT2D eigenvalue weighted by atomic mass is 9.83. The molecular weight excluding hydrogens is 1720 g/mol. The molecule has 26 aromatic carbocycles. The Balaban J connectivity index is 0.000000105. The SMILES string of the molecule is c1ccc(-c2ccc(-c3c4ccccc4c(-c4ccc5oc6ccccc6c5c4)c4ccccc34)cc2)cc1.c1ccc(-c2ccc(-c3cc(-c4c5ccccc5c(-c5cccc6ccccc56)c5ccccc45)cc4c3oc3ccccc34)c3ccccc23)cc1.c1ccc2c(-c3c4ccccc4c(-c4cc(-c5cccc6oc7ccccc7c56)c5oc6ccccc6c5c4)c4ccccc34)cccc2c1. The van der Waals surface area contributed by atoms with Crippen LogP contribution >= 0.6 is 0 Å². The van der Waals surface area contributed by atoms with Gasteiger partial charge in [-0.25, -0.2) is 0 Å². The van der Waals surface area contributed by atoms with Gasteiger partial charge in [0, 0.05) is 54.2 Å². The molecule has 0 N–H and O–H groups in total. The number of fused-ring (bicyclic) bond motifs is 21. The van der Waals surface area contributed by atoms with Crippen molar-refractivity contribution in [1.82, 2.24) is 0 Å². The molecule has 0 spiro atoms. The van der Waals surface area contributed by atoms with Gasteiger partial charge >= 0.3 is 0 Å². The first-order valence-electron chi connectivity index (χ1n) is 48.7. The maximum absolute atomic E-state index is 6.79. The van der Waals surface area contributed by atoms with Crippen molar-refractivity contribution >= 4 is 185 Å². The fourth-order valence-corrected chi connectivity index (χ4v) is 23.2. The van der Waals surface area contributed by atoms with Gasteiger partial charge in [-0.3, -0.25) is 0 Å². The molecule has 0 atom stereocenters. The minimum Gasteiger partial charge on any atom is -0.456 e. The number of para-hydroxylation sites is 4. The van der Waals surface area contributed by atoms with Crippen LogP contribution in [0.4, 0.5) is 0 Å². The predicted octanol–water partition coefficient (Wildman–Crippen LogP) is 39.7. The lowest BCUT2D eigenvalue weighted by Gasteiger charge is -2.19. The van der Waals surface area contributed by atoms with Crippen molar-refractivity contribution in [1.29, 1.82) is 0 Å². The highest BCUT2D eigenvalue weighted by atomic mass is 16.3. The Morgan fingerprint density at radius 1 is 0.106 bits per heavy atom. The molecule has 4 nitrogen and oxygen atoms in total. The average molecular weight is 1810 g/mol. The van der Waals surface area contributed by atoms with E-state index in [1.165, 1.54) is 180 Å². The average Bonchev–Trinajstić information content (AvgIpc) is 1.23. The Bertz CT molecular complexity index is 10200. The van der Waals surface area contributed by atoms with Crippen LogP contribution in [-0.4, -0.2) is 0 Å². The van der Waals surface area contributed by atoms with Crippen LogP contribution in [0.15, 0.2) is 527 Å². The van der Waals surface area contributed by atoms with Crippen LogP contribution < -0.4 is 0 Å². The van der Waals surface area contributed by atoms with Gasteiger partial charge in [-0.15, -0.1) is 0 Å². The van der Waals surface area contributed by atoms with Crippen LogP contribution in [0.5, 0.6) is 0 Å². The summed E-state index contributed by atoms with van der Waals surface area (Å²) in [5.41, 5.74) is 31.3. The van der Waals surface area contributed by atoms with Crippen molar-refractivity contribution in [2.24, 2.45) is 0 Å². The van der Waals surface area contributed by atoms with Crippen molar-refractivity contribution < 1.29 is 17.7 Å². The van der Waals surface area contributed by atoms with Gasteiger partial charge in [0.25, 0.3) is 0 Å². The van der Waals surface area contributed by atoms with Crippen molar-refractivity contribution in [3.63, 3.8) is 0 Å². The highest BCUT2D eigenvalue weighted by Crippen LogP contribution is 2.54. The molecule has 0 bridgehead atoms. The first-order valence-corrected chi connectivity index (χ1v) is 48.7. The van der Waals surface area contributed by atoms with Crippen LogP contribution in [0.1, 0.15) is 0 Å².